The van der Waals surface area contributed by atoms with Gasteiger partial charge in [0, 0.05) is 34.0 Å². The van der Waals surface area contributed by atoms with Crippen molar-refractivity contribution in [2.45, 2.75) is 24.0 Å². The average molecular weight is 512 g/mol. The number of amides is 2. The molecule has 0 bridgehead atoms. The summed E-state index contributed by atoms with van der Waals surface area (Å²) in [5.41, 5.74) is 4.06. The molecule has 2 N–H and O–H groups in total. The summed E-state index contributed by atoms with van der Waals surface area (Å²) in [5, 5.41) is 16.3. The largest absolute Gasteiger partial charge is 0.325 e. The molecule has 0 aromatic heterocycles. The SMILES string of the molecule is Cc1cccc(C(=O)Nc2cccc(SC(C(=O)Nc3ccc([N+](=O)[O-])cc3C)c3ccccc3)c2)c1. The number of non-ortho nitro benzene ring substituents is 1. The number of hydrogen-bond acceptors (Lipinski definition) is 5. The number of rotatable bonds is 8. The zero-order valence-electron chi connectivity index (χ0n) is 20.3. The van der Waals surface area contributed by atoms with Crippen LogP contribution in [-0.4, -0.2) is 16.7 Å². The number of anilines is 2. The molecular formula is C29H25N3O4S. The van der Waals surface area contributed by atoms with Crippen molar-refractivity contribution in [1.82, 2.24) is 0 Å². The molecule has 0 saturated heterocycles. The van der Waals surface area contributed by atoms with Gasteiger partial charge in [0.1, 0.15) is 5.25 Å². The lowest BCUT2D eigenvalue weighted by atomic mass is 10.1. The maximum absolute atomic E-state index is 13.4. The van der Waals surface area contributed by atoms with Crippen LogP contribution >= 0.6 is 11.8 Å². The highest BCUT2D eigenvalue weighted by Crippen LogP contribution is 2.37. The van der Waals surface area contributed by atoms with Gasteiger partial charge in [-0.2, -0.15) is 0 Å². The van der Waals surface area contributed by atoms with E-state index in [0.717, 1.165) is 16.0 Å². The standard InChI is InChI=1S/C29H25N3O4S/c1-19-8-6-11-22(16-19)28(33)30-23-12-7-13-25(18-23)37-27(21-9-4-3-5-10-21)29(34)31-26-15-14-24(32(35)36)17-20(26)2/h3-18,27H,1-2H3,(H,30,33)(H,31,34). The Kier molecular flexibility index (Phi) is 8.00. The van der Waals surface area contributed by atoms with Gasteiger partial charge in [0.05, 0.1) is 4.92 Å². The van der Waals surface area contributed by atoms with Crippen molar-refractivity contribution in [2.75, 3.05) is 10.6 Å². The number of benzene rings is 4. The first kappa shape index (κ1) is 25.7. The number of nitrogens with zero attached hydrogens (tertiary/aromatic N) is 1. The predicted molar refractivity (Wildman–Crippen MR) is 147 cm³/mol. The molecule has 4 aromatic carbocycles. The lowest BCUT2D eigenvalue weighted by molar-refractivity contribution is -0.384. The molecule has 0 radical (unpaired) electrons. The molecule has 0 aliphatic heterocycles. The van der Waals surface area contributed by atoms with E-state index in [1.807, 2.05) is 73.7 Å². The van der Waals surface area contributed by atoms with E-state index in [2.05, 4.69) is 10.6 Å². The van der Waals surface area contributed by atoms with Crippen LogP contribution in [0.1, 0.15) is 32.3 Å². The number of carbonyl (C=O) groups is 2. The van der Waals surface area contributed by atoms with Crippen molar-refractivity contribution < 1.29 is 14.5 Å². The smallest absolute Gasteiger partial charge is 0.269 e. The van der Waals surface area contributed by atoms with Crippen molar-refractivity contribution >= 4 is 40.6 Å². The molecule has 0 saturated carbocycles. The van der Waals surface area contributed by atoms with Crippen LogP contribution in [0, 0.1) is 24.0 Å². The van der Waals surface area contributed by atoms with Gasteiger partial charge in [-0.1, -0.05) is 54.1 Å². The fourth-order valence-electron chi connectivity index (χ4n) is 3.77. The monoisotopic (exact) mass is 511 g/mol. The number of nitro groups is 1. The highest BCUT2D eigenvalue weighted by atomic mass is 32.2. The molecule has 8 heteroatoms. The predicted octanol–water partition coefficient (Wildman–Crippen LogP) is 6.94. The van der Waals surface area contributed by atoms with Crippen LogP contribution in [0.5, 0.6) is 0 Å². The molecule has 0 fully saturated rings. The van der Waals surface area contributed by atoms with Crippen molar-refractivity contribution in [3.05, 3.63) is 129 Å². The van der Waals surface area contributed by atoms with E-state index >= 15 is 0 Å². The fourth-order valence-corrected chi connectivity index (χ4v) is 4.86. The lowest BCUT2D eigenvalue weighted by Crippen LogP contribution is -2.19. The second-order valence-corrected chi connectivity index (χ2v) is 9.68. The molecule has 0 spiro atoms. The molecule has 7 nitrogen and oxygen atoms in total. The summed E-state index contributed by atoms with van der Waals surface area (Å²) in [4.78, 5) is 37.5. The molecule has 2 amide bonds. The van der Waals surface area contributed by atoms with Crippen LogP contribution in [0.15, 0.2) is 102 Å². The van der Waals surface area contributed by atoms with E-state index in [0.29, 0.717) is 22.5 Å². The Balaban J connectivity index is 1.55. The van der Waals surface area contributed by atoms with Gasteiger partial charge in [0.25, 0.3) is 11.6 Å². The van der Waals surface area contributed by atoms with Crippen LogP contribution in [0.3, 0.4) is 0 Å². The molecule has 186 valence electrons. The third-order valence-electron chi connectivity index (χ3n) is 5.65. The number of aryl methyl sites for hydroxylation is 2. The van der Waals surface area contributed by atoms with Crippen LogP contribution in [0.4, 0.5) is 17.1 Å². The fraction of sp³-hybridized carbons (Fsp3) is 0.103. The molecule has 0 heterocycles. The molecule has 37 heavy (non-hydrogen) atoms. The van der Waals surface area contributed by atoms with E-state index in [1.54, 1.807) is 25.1 Å². The van der Waals surface area contributed by atoms with Gasteiger partial charge >= 0.3 is 0 Å². The summed E-state index contributed by atoms with van der Waals surface area (Å²) < 4.78 is 0. The molecule has 0 aliphatic carbocycles. The first-order chi connectivity index (χ1) is 17.8. The quantitative estimate of drug-likeness (QED) is 0.152. The Morgan fingerprint density at radius 1 is 0.838 bits per heavy atom. The average Bonchev–Trinajstić information content (AvgIpc) is 2.89. The molecule has 1 atom stereocenters. The number of carbonyl (C=O) groups excluding carboxylic acids is 2. The highest BCUT2D eigenvalue weighted by molar-refractivity contribution is 8.00. The molecular weight excluding hydrogens is 486 g/mol. The van der Waals surface area contributed by atoms with Crippen molar-refractivity contribution in [3.63, 3.8) is 0 Å². The van der Waals surface area contributed by atoms with E-state index in [9.17, 15) is 19.7 Å². The minimum Gasteiger partial charge on any atom is -0.325 e. The Labute approximate surface area is 219 Å². The number of thioether (sulfide) groups is 1. The first-order valence-electron chi connectivity index (χ1n) is 11.6. The van der Waals surface area contributed by atoms with Gasteiger partial charge in [-0.15, -0.1) is 11.8 Å². The van der Waals surface area contributed by atoms with Gasteiger partial charge in [0.2, 0.25) is 5.91 Å². The zero-order chi connectivity index (χ0) is 26.4. The Hall–Kier alpha value is -4.43. The minimum atomic E-state index is -0.599. The van der Waals surface area contributed by atoms with Crippen LogP contribution in [-0.2, 0) is 4.79 Å². The number of nitro benzene ring substituents is 1. The van der Waals surface area contributed by atoms with E-state index in [-0.39, 0.29) is 17.5 Å². The van der Waals surface area contributed by atoms with Gasteiger partial charge in [0.15, 0.2) is 0 Å². The van der Waals surface area contributed by atoms with Crippen molar-refractivity contribution in [2.24, 2.45) is 0 Å². The summed E-state index contributed by atoms with van der Waals surface area (Å²) >= 11 is 1.35. The molecule has 0 aliphatic rings. The zero-order valence-corrected chi connectivity index (χ0v) is 21.1. The normalized spacial score (nSPS) is 11.4. The van der Waals surface area contributed by atoms with Gasteiger partial charge < -0.3 is 10.6 Å². The summed E-state index contributed by atoms with van der Waals surface area (Å²) in [6.07, 6.45) is 0. The van der Waals surface area contributed by atoms with Crippen LogP contribution < -0.4 is 10.6 Å². The summed E-state index contributed by atoms with van der Waals surface area (Å²) in [6.45, 7) is 3.65. The van der Waals surface area contributed by atoms with E-state index in [1.165, 1.54) is 23.9 Å². The van der Waals surface area contributed by atoms with Crippen molar-refractivity contribution in [3.8, 4) is 0 Å². The number of nitrogens with one attached hydrogen (secondary N) is 2. The van der Waals surface area contributed by atoms with Crippen molar-refractivity contribution in [1.29, 1.82) is 0 Å². The number of hydrogen-bond donors (Lipinski definition) is 2. The minimum absolute atomic E-state index is 0.0333. The second-order valence-electron chi connectivity index (χ2n) is 8.51. The summed E-state index contributed by atoms with van der Waals surface area (Å²) in [5.74, 6) is -0.473. The Bertz CT molecular complexity index is 1460. The molecule has 4 aromatic rings. The van der Waals surface area contributed by atoms with Gasteiger partial charge in [-0.3, -0.25) is 19.7 Å². The lowest BCUT2D eigenvalue weighted by Gasteiger charge is -2.18. The third kappa shape index (κ3) is 6.62. The van der Waals surface area contributed by atoms with E-state index in [4.69, 9.17) is 0 Å². The van der Waals surface area contributed by atoms with Crippen LogP contribution in [0.25, 0.3) is 0 Å². The van der Waals surface area contributed by atoms with Gasteiger partial charge in [-0.25, -0.2) is 0 Å². The first-order valence-corrected chi connectivity index (χ1v) is 12.4. The topological polar surface area (TPSA) is 101 Å². The van der Waals surface area contributed by atoms with Gasteiger partial charge in [-0.05, 0) is 61.4 Å². The highest BCUT2D eigenvalue weighted by Gasteiger charge is 2.23. The van der Waals surface area contributed by atoms with E-state index < -0.39 is 10.2 Å². The Morgan fingerprint density at radius 2 is 1.59 bits per heavy atom. The third-order valence-corrected chi connectivity index (χ3v) is 6.89. The second kappa shape index (κ2) is 11.5. The Morgan fingerprint density at radius 3 is 2.30 bits per heavy atom. The maximum Gasteiger partial charge on any atom is 0.269 e. The summed E-state index contributed by atoms with van der Waals surface area (Å²) in [6, 6.07) is 28.4. The summed E-state index contributed by atoms with van der Waals surface area (Å²) in [7, 11) is 0. The van der Waals surface area contributed by atoms with Crippen LogP contribution in [0.2, 0.25) is 0 Å². The maximum atomic E-state index is 13.4. The molecule has 1 unspecified atom stereocenters. The molecule has 4 rings (SSSR count).